The lowest BCUT2D eigenvalue weighted by molar-refractivity contribution is -0.384. The number of hydrogen-bond donors (Lipinski definition) is 0. The van der Waals surface area contributed by atoms with Gasteiger partial charge in [0.1, 0.15) is 6.10 Å². The van der Waals surface area contributed by atoms with E-state index in [1.165, 1.54) is 24.4 Å². The van der Waals surface area contributed by atoms with Crippen LogP contribution >= 0.6 is 0 Å². The van der Waals surface area contributed by atoms with Crippen LogP contribution in [0.1, 0.15) is 22.3 Å². The molecular formula is C17H14N4O4. The fourth-order valence-corrected chi connectivity index (χ4v) is 2.66. The average molecular weight is 338 g/mol. The molecule has 0 spiro atoms. The Balaban J connectivity index is 1.66. The van der Waals surface area contributed by atoms with Gasteiger partial charge in [-0.05, 0) is 12.1 Å². The summed E-state index contributed by atoms with van der Waals surface area (Å²) in [7, 11) is 0. The molecule has 1 unspecified atom stereocenters. The first kappa shape index (κ1) is 16.4. The van der Waals surface area contributed by atoms with Crippen LogP contribution in [0, 0.1) is 21.4 Å². The second kappa shape index (κ2) is 6.97. The van der Waals surface area contributed by atoms with Gasteiger partial charge in [-0.15, -0.1) is 0 Å². The smallest absolute Gasteiger partial charge is 0.270 e. The van der Waals surface area contributed by atoms with Crippen molar-refractivity contribution in [1.29, 1.82) is 5.26 Å². The monoisotopic (exact) mass is 338 g/mol. The molecule has 1 fully saturated rings. The number of likely N-dealkylation sites (tertiary alicyclic amines) is 1. The maximum absolute atomic E-state index is 12.5. The topological polar surface area (TPSA) is 109 Å². The molecule has 1 atom stereocenters. The number of hydrogen-bond acceptors (Lipinski definition) is 6. The molecule has 1 aliphatic rings. The van der Waals surface area contributed by atoms with E-state index in [1.54, 1.807) is 23.1 Å². The van der Waals surface area contributed by atoms with Crippen LogP contribution < -0.4 is 4.74 Å². The molecule has 8 nitrogen and oxygen atoms in total. The lowest BCUT2D eigenvalue weighted by Crippen LogP contribution is -2.31. The van der Waals surface area contributed by atoms with Crippen LogP contribution in [-0.2, 0) is 0 Å². The van der Waals surface area contributed by atoms with E-state index in [-0.39, 0.29) is 23.3 Å². The fraction of sp³-hybridized carbons (Fsp3) is 0.235. The van der Waals surface area contributed by atoms with Crippen molar-refractivity contribution in [3.63, 3.8) is 0 Å². The van der Waals surface area contributed by atoms with Gasteiger partial charge in [-0.25, -0.2) is 4.98 Å². The van der Waals surface area contributed by atoms with Gasteiger partial charge in [0.15, 0.2) is 0 Å². The minimum Gasteiger partial charge on any atom is -0.472 e. The molecule has 0 radical (unpaired) electrons. The molecule has 25 heavy (non-hydrogen) atoms. The molecule has 1 amide bonds. The minimum atomic E-state index is -0.527. The molecule has 3 rings (SSSR count). The van der Waals surface area contributed by atoms with Crippen molar-refractivity contribution >= 4 is 11.6 Å². The molecular weight excluding hydrogens is 324 g/mol. The second-order valence-corrected chi connectivity index (χ2v) is 5.58. The molecule has 8 heteroatoms. The third-order valence-electron chi connectivity index (χ3n) is 3.89. The molecule has 0 aliphatic carbocycles. The van der Waals surface area contributed by atoms with Crippen LogP contribution in [0.25, 0.3) is 0 Å². The number of amides is 1. The third-order valence-corrected chi connectivity index (χ3v) is 3.89. The van der Waals surface area contributed by atoms with Gasteiger partial charge < -0.3 is 9.64 Å². The standard InChI is InChI=1S/C17H14N4O4/c18-10-12-4-6-19-16(8-12)25-15-5-7-20(11-15)17(22)13-2-1-3-14(9-13)21(23)24/h1-4,6,8-9,15H,5,7,11H2. The van der Waals surface area contributed by atoms with E-state index in [1.807, 2.05) is 6.07 Å². The zero-order valence-electron chi connectivity index (χ0n) is 13.2. The van der Waals surface area contributed by atoms with Crippen molar-refractivity contribution in [3.8, 4) is 11.9 Å². The predicted octanol–water partition coefficient (Wildman–Crippen LogP) is 2.15. The van der Waals surface area contributed by atoms with Gasteiger partial charge in [0, 0.05) is 42.9 Å². The molecule has 1 aromatic carbocycles. The summed E-state index contributed by atoms with van der Waals surface area (Å²) < 4.78 is 5.73. The number of nitro benzene ring substituents is 1. The molecule has 126 valence electrons. The largest absolute Gasteiger partial charge is 0.472 e. The highest BCUT2D eigenvalue weighted by Gasteiger charge is 2.29. The Morgan fingerprint density at radius 2 is 2.24 bits per heavy atom. The second-order valence-electron chi connectivity index (χ2n) is 5.58. The van der Waals surface area contributed by atoms with Crippen molar-refractivity contribution in [2.75, 3.05) is 13.1 Å². The van der Waals surface area contributed by atoms with Gasteiger partial charge in [0.05, 0.1) is 23.1 Å². The number of aromatic nitrogens is 1. The maximum Gasteiger partial charge on any atom is 0.270 e. The zero-order chi connectivity index (χ0) is 17.8. The van der Waals surface area contributed by atoms with E-state index in [0.717, 1.165) is 0 Å². The van der Waals surface area contributed by atoms with Gasteiger partial charge in [0.25, 0.3) is 11.6 Å². The summed E-state index contributed by atoms with van der Waals surface area (Å²) in [5.74, 6) is 0.0715. The van der Waals surface area contributed by atoms with Gasteiger partial charge >= 0.3 is 0 Å². The molecule has 1 aromatic heterocycles. The molecule has 2 heterocycles. The van der Waals surface area contributed by atoms with Crippen molar-refractivity contribution in [2.24, 2.45) is 0 Å². The Labute approximate surface area is 143 Å². The van der Waals surface area contributed by atoms with Crippen LogP contribution in [0.5, 0.6) is 5.88 Å². The van der Waals surface area contributed by atoms with E-state index >= 15 is 0 Å². The van der Waals surface area contributed by atoms with Crippen LogP contribution in [0.4, 0.5) is 5.69 Å². The Morgan fingerprint density at radius 1 is 1.40 bits per heavy atom. The van der Waals surface area contributed by atoms with Crippen LogP contribution in [0.3, 0.4) is 0 Å². The first-order valence-electron chi connectivity index (χ1n) is 7.63. The highest BCUT2D eigenvalue weighted by molar-refractivity contribution is 5.95. The molecule has 2 aromatic rings. The summed E-state index contributed by atoms with van der Waals surface area (Å²) in [6, 6.07) is 10.8. The van der Waals surface area contributed by atoms with E-state index in [9.17, 15) is 14.9 Å². The van der Waals surface area contributed by atoms with Crippen molar-refractivity contribution in [1.82, 2.24) is 9.88 Å². The number of ether oxygens (including phenoxy) is 1. The summed E-state index contributed by atoms with van der Waals surface area (Å²) in [6.07, 6.45) is 1.89. The number of benzene rings is 1. The molecule has 0 saturated carbocycles. The Hall–Kier alpha value is -3.47. The van der Waals surface area contributed by atoms with Gasteiger partial charge in [-0.1, -0.05) is 6.07 Å². The number of rotatable bonds is 4. The normalized spacial score (nSPS) is 16.3. The van der Waals surface area contributed by atoms with Crippen molar-refractivity contribution < 1.29 is 14.5 Å². The number of nitriles is 1. The van der Waals surface area contributed by atoms with Crippen LogP contribution in [0.15, 0.2) is 42.6 Å². The average Bonchev–Trinajstić information content (AvgIpc) is 3.09. The molecule has 1 aliphatic heterocycles. The molecule has 0 bridgehead atoms. The van der Waals surface area contributed by atoms with Gasteiger partial charge in [0.2, 0.25) is 5.88 Å². The number of non-ortho nitro benzene ring substituents is 1. The highest BCUT2D eigenvalue weighted by atomic mass is 16.6. The highest BCUT2D eigenvalue weighted by Crippen LogP contribution is 2.21. The lowest BCUT2D eigenvalue weighted by Gasteiger charge is -2.17. The molecule has 1 saturated heterocycles. The number of carbonyl (C=O) groups excluding carboxylic acids is 1. The predicted molar refractivity (Wildman–Crippen MR) is 87.0 cm³/mol. The summed E-state index contributed by atoms with van der Waals surface area (Å²) in [5.41, 5.74) is 0.613. The maximum atomic E-state index is 12.5. The number of nitro groups is 1. The third kappa shape index (κ3) is 3.72. The summed E-state index contributed by atoms with van der Waals surface area (Å²) in [5, 5.41) is 19.7. The zero-order valence-corrected chi connectivity index (χ0v) is 13.2. The Kier molecular flexibility index (Phi) is 4.57. The van der Waals surface area contributed by atoms with Crippen molar-refractivity contribution in [3.05, 3.63) is 63.8 Å². The number of nitrogens with zero attached hydrogens (tertiary/aromatic N) is 4. The fourth-order valence-electron chi connectivity index (χ4n) is 2.66. The summed E-state index contributed by atoms with van der Waals surface area (Å²) in [6.45, 7) is 0.851. The molecule has 0 N–H and O–H groups in total. The first-order chi connectivity index (χ1) is 12.1. The van der Waals surface area contributed by atoms with Crippen molar-refractivity contribution in [2.45, 2.75) is 12.5 Å². The van der Waals surface area contributed by atoms with Crippen LogP contribution in [-0.4, -0.2) is 39.9 Å². The number of carbonyl (C=O) groups is 1. The SMILES string of the molecule is N#Cc1ccnc(OC2CCN(C(=O)c3cccc([N+](=O)[O-])c3)C2)c1. The van der Waals surface area contributed by atoms with E-state index in [2.05, 4.69) is 4.98 Å². The first-order valence-corrected chi connectivity index (χ1v) is 7.63. The van der Waals surface area contributed by atoms with E-state index < -0.39 is 4.92 Å². The van der Waals surface area contributed by atoms with E-state index in [0.29, 0.717) is 31.0 Å². The minimum absolute atomic E-state index is 0.115. The van der Waals surface area contributed by atoms with Gasteiger partial charge in [-0.3, -0.25) is 14.9 Å². The van der Waals surface area contributed by atoms with E-state index in [4.69, 9.17) is 10.00 Å². The Morgan fingerprint density at radius 3 is 3.00 bits per heavy atom. The quantitative estimate of drug-likeness (QED) is 0.624. The number of pyridine rings is 1. The van der Waals surface area contributed by atoms with Gasteiger partial charge in [-0.2, -0.15) is 5.26 Å². The summed E-state index contributed by atoms with van der Waals surface area (Å²) >= 11 is 0. The summed E-state index contributed by atoms with van der Waals surface area (Å²) in [4.78, 5) is 28.5. The Bertz CT molecular complexity index is 862. The van der Waals surface area contributed by atoms with Crippen LogP contribution in [0.2, 0.25) is 0 Å². The lowest BCUT2D eigenvalue weighted by atomic mass is 10.2.